The molecule has 0 bridgehead atoms. The van der Waals surface area contributed by atoms with Crippen LogP contribution in [-0.4, -0.2) is 42.5 Å². The highest BCUT2D eigenvalue weighted by Crippen LogP contribution is 2.28. The molecule has 0 unspecified atom stereocenters. The van der Waals surface area contributed by atoms with Crippen molar-refractivity contribution in [1.29, 1.82) is 0 Å². The molecule has 0 fully saturated rings. The summed E-state index contributed by atoms with van der Waals surface area (Å²) in [5.74, 6) is -0.314. The van der Waals surface area contributed by atoms with Gasteiger partial charge in [0, 0.05) is 22.9 Å². The van der Waals surface area contributed by atoms with Gasteiger partial charge in [-0.3, -0.25) is 15.0 Å². The van der Waals surface area contributed by atoms with Crippen molar-refractivity contribution in [3.63, 3.8) is 0 Å². The Balaban J connectivity index is 2.03. The molecule has 1 aliphatic rings. The predicted molar refractivity (Wildman–Crippen MR) is 66.5 cm³/mol. The van der Waals surface area contributed by atoms with Crippen LogP contribution >= 0.6 is 11.3 Å². The summed E-state index contributed by atoms with van der Waals surface area (Å²) in [6.07, 6.45) is 0.834. The summed E-state index contributed by atoms with van der Waals surface area (Å²) in [5.41, 5.74) is 1.16. The first kappa shape index (κ1) is 13.0. The van der Waals surface area contributed by atoms with E-state index in [2.05, 4.69) is 4.74 Å². The van der Waals surface area contributed by atoms with E-state index >= 15 is 0 Å². The molecule has 2 heterocycles. The van der Waals surface area contributed by atoms with E-state index in [-0.39, 0.29) is 17.4 Å². The molecule has 0 spiro atoms. The summed E-state index contributed by atoms with van der Waals surface area (Å²) >= 11 is 1.42. The topological polar surface area (TPSA) is 72.7 Å². The van der Waals surface area contributed by atoms with Gasteiger partial charge in [-0.1, -0.05) is 0 Å². The molecular formula is C11H14N2O4S. The smallest absolute Gasteiger partial charge is 0.348 e. The zero-order valence-electron chi connectivity index (χ0n) is 10.0. The van der Waals surface area contributed by atoms with Crippen molar-refractivity contribution < 1.29 is 14.5 Å². The standard InChI is InChI=1S/C11H14N2O4S/c1-17-11(14)9-6-8-2-3-12(4-5-13(15)16)7-10(8)18-9/h6H,2-5,7H2,1H3. The van der Waals surface area contributed by atoms with Gasteiger partial charge < -0.3 is 4.74 Å². The fraction of sp³-hybridized carbons (Fsp3) is 0.545. The molecule has 0 saturated carbocycles. The van der Waals surface area contributed by atoms with Crippen LogP contribution in [0.4, 0.5) is 0 Å². The molecule has 2 rings (SSSR count). The number of ether oxygens (including phenoxy) is 1. The first-order valence-electron chi connectivity index (χ1n) is 5.64. The Labute approximate surface area is 108 Å². The number of methoxy groups -OCH3 is 1. The molecule has 0 radical (unpaired) electrons. The average molecular weight is 270 g/mol. The summed E-state index contributed by atoms with van der Waals surface area (Å²) in [7, 11) is 1.37. The van der Waals surface area contributed by atoms with Crippen LogP contribution < -0.4 is 0 Å². The molecular weight excluding hydrogens is 256 g/mol. The van der Waals surface area contributed by atoms with Crippen molar-refractivity contribution in [2.75, 3.05) is 26.7 Å². The van der Waals surface area contributed by atoms with Gasteiger partial charge in [-0.25, -0.2) is 4.79 Å². The molecule has 0 N–H and O–H groups in total. The van der Waals surface area contributed by atoms with Gasteiger partial charge >= 0.3 is 5.97 Å². The van der Waals surface area contributed by atoms with Gasteiger partial charge in [0.25, 0.3) is 0 Å². The third kappa shape index (κ3) is 2.85. The van der Waals surface area contributed by atoms with Gasteiger partial charge in [-0.2, -0.15) is 0 Å². The van der Waals surface area contributed by atoms with E-state index in [4.69, 9.17) is 0 Å². The van der Waals surface area contributed by atoms with E-state index < -0.39 is 0 Å². The molecule has 6 nitrogen and oxygen atoms in total. The lowest BCUT2D eigenvalue weighted by Crippen LogP contribution is -2.33. The monoisotopic (exact) mass is 270 g/mol. The van der Waals surface area contributed by atoms with Crippen LogP contribution in [0.5, 0.6) is 0 Å². The maximum atomic E-state index is 11.4. The highest BCUT2D eigenvalue weighted by molar-refractivity contribution is 7.14. The minimum Gasteiger partial charge on any atom is -0.465 e. The molecule has 18 heavy (non-hydrogen) atoms. The second-order valence-electron chi connectivity index (χ2n) is 4.13. The number of carbonyl (C=O) groups excluding carboxylic acids is 1. The zero-order chi connectivity index (χ0) is 13.1. The molecule has 0 aliphatic carbocycles. The van der Waals surface area contributed by atoms with Crippen LogP contribution in [-0.2, 0) is 17.7 Å². The van der Waals surface area contributed by atoms with Crippen molar-refractivity contribution in [3.05, 3.63) is 31.5 Å². The molecule has 0 saturated heterocycles. The molecule has 1 aromatic rings. The largest absolute Gasteiger partial charge is 0.465 e. The first-order chi connectivity index (χ1) is 8.60. The maximum absolute atomic E-state index is 11.4. The van der Waals surface area contributed by atoms with Crippen molar-refractivity contribution >= 4 is 17.3 Å². The molecule has 7 heteroatoms. The van der Waals surface area contributed by atoms with Crippen molar-refractivity contribution in [3.8, 4) is 0 Å². The molecule has 0 atom stereocenters. The summed E-state index contributed by atoms with van der Waals surface area (Å²) in [6, 6.07) is 1.87. The van der Waals surface area contributed by atoms with Gasteiger partial charge in [0.1, 0.15) is 4.88 Å². The van der Waals surface area contributed by atoms with Gasteiger partial charge in [-0.15, -0.1) is 11.3 Å². The van der Waals surface area contributed by atoms with E-state index in [0.29, 0.717) is 18.0 Å². The molecule has 0 amide bonds. The number of nitro groups is 1. The molecule has 1 aliphatic heterocycles. The van der Waals surface area contributed by atoms with Crippen LogP contribution in [0.3, 0.4) is 0 Å². The third-order valence-electron chi connectivity index (χ3n) is 2.95. The van der Waals surface area contributed by atoms with Gasteiger partial charge in [-0.05, 0) is 18.1 Å². The van der Waals surface area contributed by atoms with E-state index in [1.54, 1.807) is 0 Å². The van der Waals surface area contributed by atoms with Gasteiger partial charge in [0.15, 0.2) is 0 Å². The Bertz CT molecular complexity index is 472. The van der Waals surface area contributed by atoms with Crippen LogP contribution in [0.15, 0.2) is 6.07 Å². The Hall–Kier alpha value is -1.47. The Morgan fingerprint density at radius 1 is 1.67 bits per heavy atom. The summed E-state index contributed by atoms with van der Waals surface area (Å²) < 4.78 is 4.69. The lowest BCUT2D eigenvalue weighted by atomic mass is 10.1. The number of thiophene rings is 1. The fourth-order valence-electron chi connectivity index (χ4n) is 1.99. The summed E-state index contributed by atoms with van der Waals surface area (Å²) in [6.45, 7) is 1.91. The van der Waals surface area contributed by atoms with E-state index in [0.717, 1.165) is 23.4 Å². The Morgan fingerprint density at radius 2 is 2.44 bits per heavy atom. The first-order valence-corrected chi connectivity index (χ1v) is 6.46. The average Bonchev–Trinajstić information content (AvgIpc) is 2.78. The predicted octanol–water partition coefficient (Wildman–Crippen LogP) is 1.17. The van der Waals surface area contributed by atoms with Gasteiger partial charge in [0.2, 0.25) is 6.54 Å². The number of hydrogen-bond donors (Lipinski definition) is 0. The maximum Gasteiger partial charge on any atom is 0.348 e. The number of nitrogens with zero attached hydrogens (tertiary/aromatic N) is 2. The minimum atomic E-state index is -0.314. The number of carbonyl (C=O) groups is 1. The number of esters is 1. The minimum absolute atomic E-state index is 0.0371. The highest BCUT2D eigenvalue weighted by Gasteiger charge is 2.22. The highest BCUT2D eigenvalue weighted by atomic mass is 32.1. The lowest BCUT2D eigenvalue weighted by molar-refractivity contribution is -0.480. The van der Waals surface area contributed by atoms with Crippen LogP contribution in [0, 0.1) is 10.1 Å². The van der Waals surface area contributed by atoms with E-state index in [9.17, 15) is 14.9 Å². The second kappa shape index (κ2) is 5.45. The van der Waals surface area contributed by atoms with Crippen molar-refractivity contribution in [2.45, 2.75) is 13.0 Å². The second-order valence-corrected chi connectivity index (χ2v) is 5.27. The number of fused-ring (bicyclic) bond motifs is 1. The van der Waals surface area contributed by atoms with Crippen molar-refractivity contribution in [1.82, 2.24) is 4.90 Å². The molecule has 1 aromatic heterocycles. The Kier molecular flexibility index (Phi) is 3.93. The molecule has 98 valence electrons. The van der Waals surface area contributed by atoms with Crippen molar-refractivity contribution in [2.24, 2.45) is 0 Å². The third-order valence-corrected chi connectivity index (χ3v) is 4.09. The normalized spacial score (nSPS) is 15.2. The number of rotatable bonds is 4. The van der Waals surface area contributed by atoms with Crippen LogP contribution in [0.1, 0.15) is 20.1 Å². The zero-order valence-corrected chi connectivity index (χ0v) is 10.9. The Morgan fingerprint density at radius 3 is 3.11 bits per heavy atom. The summed E-state index contributed by atoms with van der Waals surface area (Å²) in [4.78, 5) is 25.2. The lowest BCUT2D eigenvalue weighted by Gasteiger charge is -2.24. The fourth-order valence-corrected chi connectivity index (χ4v) is 3.16. The van der Waals surface area contributed by atoms with E-state index in [1.807, 2.05) is 11.0 Å². The quantitative estimate of drug-likeness (QED) is 0.466. The SMILES string of the molecule is COC(=O)c1cc2c(s1)CN(CC[N+](=O)[O-])CC2. The van der Waals surface area contributed by atoms with Crippen LogP contribution in [0.2, 0.25) is 0 Å². The number of hydrogen-bond acceptors (Lipinski definition) is 6. The summed E-state index contributed by atoms with van der Waals surface area (Å²) in [5, 5.41) is 10.3. The van der Waals surface area contributed by atoms with Crippen LogP contribution in [0.25, 0.3) is 0 Å². The van der Waals surface area contributed by atoms with Gasteiger partial charge in [0.05, 0.1) is 13.7 Å². The molecule has 0 aromatic carbocycles. The van der Waals surface area contributed by atoms with E-state index in [1.165, 1.54) is 18.4 Å².